The van der Waals surface area contributed by atoms with Gasteiger partial charge in [0.1, 0.15) is 6.61 Å². The largest absolute Gasteiger partial charge is 0.462 e. The van der Waals surface area contributed by atoms with Gasteiger partial charge in [0, 0.05) is 12.8 Å². The fourth-order valence-corrected chi connectivity index (χ4v) is 8.17. The number of rotatable bonds is 50. The molecule has 0 saturated carbocycles. The first-order valence-corrected chi connectivity index (χ1v) is 26.9. The standard InChI is InChI=1S/C55H104O5/c1-3-5-7-9-11-13-15-17-19-21-23-25-27-29-31-33-35-37-39-41-43-45-47-49-54(57)59-52-53(51-56)60-55(58)50-48-46-44-42-40-38-36-34-32-30-28-26-24-22-20-18-16-14-12-10-8-6-4-2/h34,36,42,44,53,56H,3-33,35,37-41,43,45-52H2,1-2H3/b36-34+,44-42+/t53-/m0/s1. The highest BCUT2D eigenvalue weighted by Crippen LogP contribution is 2.17. The molecule has 0 aliphatic rings. The van der Waals surface area contributed by atoms with Gasteiger partial charge in [-0.3, -0.25) is 9.59 Å². The average Bonchev–Trinajstić information content (AvgIpc) is 3.25. The summed E-state index contributed by atoms with van der Waals surface area (Å²) in [5.41, 5.74) is 0. The van der Waals surface area contributed by atoms with Crippen molar-refractivity contribution in [1.82, 2.24) is 0 Å². The van der Waals surface area contributed by atoms with Crippen LogP contribution in [0.5, 0.6) is 0 Å². The lowest BCUT2D eigenvalue weighted by atomic mass is 10.0. The molecule has 0 bridgehead atoms. The minimum Gasteiger partial charge on any atom is -0.462 e. The van der Waals surface area contributed by atoms with Crippen LogP contribution in [0.2, 0.25) is 0 Å². The van der Waals surface area contributed by atoms with Crippen molar-refractivity contribution >= 4 is 11.9 Å². The lowest BCUT2D eigenvalue weighted by Crippen LogP contribution is -2.28. The van der Waals surface area contributed by atoms with Crippen molar-refractivity contribution in [2.24, 2.45) is 0 Å². The van der Waals surface area contributed by atoms with E-state index in [0.717, 1.165) is 38.5 Å². The number of ether oxygens (including phenoxy) is 2. The van der Waals surface area contributed by atoms with E-state index in [-0.39, 0.29) is 25.2 Å². The molecule has 0 aliphatic carbocycles. The molecule has 1 N–H and O–H groups in total. The van der Waals surface area contributed by atoms with E-state index in [4.69, 9.17) is 9.47 Å². The smallest absolute Gasteiger partial charge is 0.306 e. The molecule has 0 aromatic heterocycles. The number of carbonyl (C=O) groups is 2. The van der Waals surface area contributed by atoms with Gasteiger partial charge in [0.2, 0.25) is 0 Å². The summed E-state index contributed by atoms with van der Waals surface area (Å²) in [5, 5.41) is 9.63. The Hall–Kier alpha value is -1.62. The van der Waals surface area contributed by atoms with E-state index >= 15 is 0 Å². The molecule has 0 unspecified atom stereocenters. The van der Waals surface area contributed by atoms with E-state index in [9.17, 15) is 14.7 Å². The second-order valence-electron chi connectivity index (χ2n) is 18.3. The van der Waals surface area contributed by atoms with Crippen LogP contribution in [0.15, 0.2) is 24.3 Å². The van der Waals surface area contributed by atoms with E-state index in [0.29, 0.717) is 19.3 Å². The third kappa shape index (κ3) is 49.0. The number of unbranched alkanes of at least 4 members (excludes halogenated alkanes) is 38. The number of aliphatic hydroxyl groups excluding tert-OH is 1. The van der Waals surface area contributed by atoms with Crippen LogP contribution in [0, 0.1) is 0 Å². The Morgan fingerprint density at radius 3 is 1.00 bits per heavy atom. The topological polar surface area (TPSA) is 72.8 Å². The van der Waals surface area contributed by atoms with Crippen LogP contribution in [-0.4, -0.2) is 36.4 Å². The van der Waals surface area contributed by atoms with Crippen LogP contribution >= 0.6 is 0 Å². The Labute approximate surface area is 374 Å². The van der Waals surface area contributed by atoms with Gasteiger partial charge in [-0.05, 0) is 44.9 Å². The maximum absolute atomic E-state index is 12.3. The summed E-state index contributed by atoms with van der Waals surface area (Å²) in [5.74, 6) is -0.623. The summed E-state index contributed by atoms with van der Waals surface area (Å²) in [6, 6.07) is 0. The van der Waals surface area contributed by atoms with Gasteiger partial charge >= 0.3 is 11.9 Å². The Balaban J connectivity index is 3.49. The number of hydrogen-bond donors (Lipinski definition) is 1. The van der Waals surface area contributed by atoms with Crippen LogP contribution in [0.25, 0.3) is 0 Å². The van der Waals surface area contributed by atoms with E-state index < -0.39 is 6.10 Å². The van der Waals surface area contributed by atoms with Gasteiger partial charge in [0.15, 0.2) is 6.10 Å². The highest BCUT2D eigenvalue weighted by atomic mass is 16.6. The molecule has 5 nitrogen and oxygen atoms in total. The zero-order valence-electron chi connectivity index (χ0n) is 40.5. The van der Waals surface area contributed by atoms with Gasteiger partial charge in [0.25, 0.3) is 0 Å². The fraction of sp³-hybridized carbons (Fsp3) is 0.891. The summed E-state index contributed by atoms with van der Waals surface area (Å²) in [4.78, 5) is 24.4. The second kappa shape index (κ2) is 51.7. The molecule has 0 fully saturated rings. The van der Waals surface area contributed by atoms with Crippen molar-refractivity contribution in [3.05, 3.63) is 24.3 Å². The molecule has 0 spiro atoms. The first kappa shape index (κ1) is 58.4. The molecule has 0 aromatic rings. The molecule has 60 heavy (non-hydrogen) atoms. The third-order valence-corrected chi connectivity index (χ3v) is 12.2. The zero-order valence-corrected chi connectivity index (χ0v) is 40.5. The molecule has 0 aromatic carbocycles. The minimum absolute atomic E-state index is 0.0761. The van der Waals surface area contributed by atoms with E-state index in [2.05, 4.69) is 38.2 Å². The van der Waals surface area contributed by atoms with Crippen molar-refractivity contribution in [1.29, 1.82) is 0 Å². The molecule has 1 atom stereocenters. The molecule has 0 amide bonds. The zero-order chi connectivity index (χ0) is 43.5. The normalized spacial score (nSPS) is 12.2. The first-order chi connectivity index (χ1) is 29.6. The van der Waals surface area contributed by atoms with Crippen molar-refractivity contribution in [3.8, 4) is 0 Å². The predicted molar refractivity (Wildman–Crippen MR) is 261 cm³/mol. The van der Waals surface area contributed by atoms with Gasteiger partial charge in [-0.25, -0.2) is 0 Å². The average molecular weight is 845 g/mol. The van der Waals surface area contributed by atoms with Gasteiger partial charge in [-0.2, -0.15) is 0 Å². The second-order valence-corrected chi connectivity index (χ2v) is 18.3. The summed E-state index contributed by atoms with van der Waals surface area (Å²) in [6.45, 7) is 4.16. The van der Waals surface area contributed by atoms with Crippen molar-refractivity contribution in [2.75, 3.05) is 13.2 Å². The highest BCUT2D eigenvalue weighted by molar-refractivity contribution is 5.70. The molecule has 354 valence electrons. The van der Waals surface area contributed by atoms with Gasteiger partial charge in [-0.1, -0.05) is 263 Å². The molecule has 0 radical (unpaired) electrons. The SMILES string of the molecule is CCCCCCCCCCCCCCCC/C=C/CC/C=C/CCCC(=O)O[C@@H](CO)COC(=O)CCCCCCCCCCCCCCCCCCCCCCCCC. The highest BCUT2D eigenvalue weighted by Gasteiger charge is 2.16. The lowest BCUT2D eigenvalue weighted by Gasteiger charge is -2.15. The Bertz CT molecular complexity index is 913. The van der Waals surface area contributed by atoms with Crippen LogP contribution in [-0.2, 0) is 19.1 Å². The van der Waals surface area contributed by atoms with Gasteiger partial charge < -0.3 is 14.6 Å². The third-order valence-electron chi connectivity index (χ3n) is 12.2. The summed E-state index contributed by atoms with van der Waals surface area (Å²) in [6.07, 6.45) is 64.4. The maximum Gasteiger partial charge on any atom is 0.306 e. The Kier molecular flexibility index (Phi) is 50.3. The quantitative estimate of drug-likeness (QED) is 0.0375. The molecular formula is C55H104O5. The van der Waals surface area contributed by atoms with Crippen LogP contribution < -0.4 is 0 Å². The number of hydrogen-bond acceptors (Lipinski definition) is 5. The van der Waals surface area contributed by atoms with Crippen molar-refractivity contribution in [3.63, 3.8) is 0 Å². The van der Waals surface area contributed by atoms with Crippen molar-refractivity contribution in [2.45, 2.75) is 302 Å². The molecule has 0 saturated heterocycles. The van der Waals surface area contributed by atoms with Crippen LogP contribution in [0.3, 0.4) is 0 Å². The van der Waals surface area contributed by atoms with E-state index in [1.807, 2.05) is 0 Å². The number of allylic oxidation sites excluding steroid dienone is 4. The minimum atomic E-state index is -0.789. The number of carbonyl (C=O) groups excluding carboxylic acids is 2. The fourth-order valence-electron chi connectivity index (χ4n) is 8.17. The lowest BCUT2D eigenvalue weighted by molar-refractivity contribution is -0.161. The Morgan fingerprint density at radius 2 is 0.650 bits per heavy atom. The van der Waals surface area contributed by atoms with Crippen LogP contribution in [0.4, 0.5) is 0 Å². The Morgan fingerprint density at radius 1 is 0.367 bits per heavy atom. The first-order valence-electron chi connectivity index (χ1n) is 26.9. The van der Waals surface area contributed by atoms with Crippen LogP contribution in [0.1, 0.15) is 296 Å². The van der Waals surface area contributed by atoms with Crippen molar-refractivity contribution < 1.29 is 24.2 Å². The van der Waals surface area contributed by atoms with Gasteiger partial charge in [0.05, 0.1) is 6.61 Å². The molecular weight excluding hydrogens is 741 g/mol. The summed E-state index contributed by atoms with van der Waals surface area (Å²) in [7, 11) is 0. The molecule has 0 rings (SSSR count). The van der Waals surface area contributed by atoms with E-state index in [1.54, 1.807) is 0 Å². The van der Waals surface area contributed by atoms with Gasteiger partial charge in [-0.15, -0.1) is 0 Å². The van der Waals surface area contributed by atoms with E-state index in [1.165, 1.54) is 225 Å². The maximum atomic E-state index is 12.3. The molecule has 0 heterocycles. The molecule has 5 heteroatoms. The summed E-state index contributed by atoms with van der Waals surface area (Å²) >= 11 is 0. The number of aliphatic hydroxyl groups is 1. The summed E-state index contributed by atoms with van der Waals surface area (Å²) < 4.78 is 10.7. The predicted octanol–water partition coefficient (Wildman–Crippen LogP) is 17.8. The monoisotopic (exact) mass is 845 g/mol. The molecule has 0 aliphatic heterocycles. The number of esters is 2.